The highest BCUT2D eigenvalue weighted by Crippen LogP contribution is 2.24. The van der Waals surface area contributed by atoms with E-state index in [0.717, 1.165) is 24.1 Å². The van der Waals surface area contributed by atoms with Crippen LogP contribution < -0.4 is 10.6 Å². The molecule has 0 unspecified atom stereocenters. The van der Waals surface area contributed by atoms with E-state index in [1.165, 1.54) is 12.8 Å². The predicted molar refractivity (Wildman–Crippen MR) is 105 cm³/mol. The van der Waals surface area contributed by atoms with E-state index in [2.05, 4.69) is 24.5 Å². The first-order valence-corrected chi connectivity index (χ1v) is 9.36. The Morgan fingerprint density at radius 1 is 0.923 bits per heavy atom. The van der Waals surface area contributed by atoms with Gasteiger partial charge < -0.3 is 10.6 Å². The van der Waals surface area contributed by atoms with Gasteiger partial charge in [-0.25, -0.2) is 0 Å². The maximum atomic E-state index is 12.7. The highest BCUT2D eigenvalue weighted by atomic mass is 16.2. The van der Waals surface area contributed by atoms with Crippen LogP contribution in [-0.4, -0.2) is 17.9 Å². The molecule has 2 amide bonds. The summed E-state index contributed by atoms with van der Waals surface area (Å²) in [6.07, 6.45) is 4.42. The van der Waals surface area contributed by atoms with Gasteiger partial charge in [0.15, 0.2) is 0 Å². The standard InChI is InChI=1S/C22H26N2O2/c1-15(2)19-12-5-6-13-20(19)24-22(26)17-9-7-8-16(14-17)21(25)23-18-10-3-4-11-18/h5-9,12-15,18H,3-4,10-11H2,1-2H3,(H,23,25)(H,24,26). The summed E-state index contributed by atoms with van der Waals surface area (Å²) in [4.78, 5) is 25.1. The lowest BCUT2D eigenvalue weighted by Crippen LogP contribution is -2.32. The van der Waals surface area contributed by atoms with Crippen LogP contribution in [0.5, 0.6) is 0 Å². The Morgan fingerprint density at radius 3 is 2.27 bits per heavy atom. The molecular formula is C22H26N2O2. The largest absolute Gasteiger partial charge is 0.349 e. The van der Waals surface area contributed by atoms with Crippen molar-refractivity contribution in [2.45, 2.75) is 51.5 Å². The van der Waals surface area contributed by atoms with E-state index < -0.39 is 0 Å². The molecule has 0 atom stereocenters. The molecule has 1 aliphatic carbocycles. The number of nitrogens with one attached hydrogen (secondary N) is 2. The normalized spacial score (nSPS) is 14.4. The van der Waals surface area contributed by atoms with Crippen molar-refractivity contribution in [2.24, 2.45) is 0 Å². The fourth-order valence-electron chi connectivity index (χ4n) is 3.45. The summed E-state index contributed by atoms with van der Waals surface area (Å²) >= 11 is 0. The van der Waals surface area contributed by atoms with Gasteiger partial charge in [0.05, 0.1) is 0 Å². The van der Waals surface area contributed by atoms with Gasteiger partial charge in [0.25, 0.3) is 11.8 Å². The molecule has 0 heterocycles. The Morgan fingerprint density at radius 2 is 1.58 bits per heavy atom. The van der Waals surface area contributed by atoms with Crippen molar-refractivity contribution in [3.63, 3.8) is 0 Å². The quantitative estimate of drug-likeness (QED) is 0.818. The van der Waals surface area contributed by atoms with Crippen LogP contribution in [-0.2, 0) is 0 Å². The van der Waals surface area contributed by atoms with Gasteiger partial charge in [-0.1, -0.05) is 51.0 Å². The first-order chi connectivity index (χ1) is 12.5. The van der Waals surface area contributed by atoms with E-state index >= 15 is 0 Å². The molecule has 2 aromatic carbocycles. The van der Waals surface area contributed by atoms with Crippen molar-refractivity contribution in [2.75, 3.05) is 5.32 Å². The number of carbonyl (C=O) groups is 2. The number of amides is 2. The first-order valence-electron chi connectivity index (χ1n) is 9.36. The molecule has 26 heavy (non-hydrogen) atoms. The van der Waals surface area contributed by atoms with Crippen LogP contribution >= 0.6 is 0 Å². The second kappa shape index (κ2) is 8.17. The molecule has 1 saturated carbocycles. The number of benzene rings is 2. The molecule has 2 N–H and O–H groups in total. The molecule has 0 aromatic heterocycles. The fraction of sp³-hybridized carbons (Fsp3) is 0.364. The van der Waals surface area contributed by atoms with E-state index in [1.807, 2.05) is 24.3 Å². The summed E-state index contributed by atoms with van der Waals surface area (Å²) in [5, 5.41) is 6.04. The third kappa shape index (κ3) is 4.31. The van der Waals surface area contributed by atoms with Crippen LogP contribution in [0, 0.1) is 0 Å². The molecule has 136 valence electrons. The van der Waals surface area contributed by atoms with Gasteiger partial charge in [-0.15, -0.1) is 0 Å². The van der Waals surface area contributed by atoms with Gasteiger partial charge in [0, 0.05) is 22.9 Å². The number of hydrogen-bond acceptors (Lipinski definition) is 2. The summed E-state index contributed by atoms with van der Waals surface area (Å²) < 4.78 is 0. The average molecular weight is 350 g/mol. The third-order valence-electron chi connectivity index (χ3n) is 4.91. The predicted octanol–water partition coefficient (Wildman–Crippen LogP) is 4.73. The Hall–Kier alpha value is -2.62. The smallest absolute Gasteiger partial charge is 0.255 e. The number of carbonyl (C=O) groups excluding carboxylic acids is 2. The van der Waals surface area contributed by atoms with Crippen molar-refractivity contribution in [3.05, 3.63) is 65.2 Å². The number of rotatable bonds is 5. The highest BCUT2D eigenvalue weighted by molar-refractivity contribution is 6.06. The van der Waals surface area contributed by atoms with Crippen molar-refractivity contribution in [3.8, 4) is 0 Å². The summed E-state index contributed by atoms with van der Waals surface area (Å²) in [5.41, 5.74) is 2.92. The van der Waals surface area contributed by atoms with Gasteiger partial charge in [0.1, 0.15) is 0 Å². The van der Waals surface area contributed by atoms with E-state index in [0.29, 0.717) is 17.0 Å². The van der Waals surface area contributed by atoms with Gasteiger partial charge in [-0.2, -0.15) is 0 Å². The average Bonchev–Trinajstić information content (AvgIpc) is 3.15. The van der Waals surface area contributed by atoms with Crippen LogP contribution in [0.2, 0.25) is 0 Å². The van der Waals surface area contributed by atoms with E-state index in [4.69, 9.17) is 0 Å². The minimum absolute atomic E-state index is 0.103. The fourth-order valence-corrected chi connectivity index (χ4v) is 3.45. The molecule has 1 aliphatic rings. The second-order valence-electron chi connectivity index (χ2n) is 7.23. The molecular weight excluding hydrogens is 324 g/mol. The van der Waals surface area contributed by atoms with Crippen LogP contribution in [0.15, 0.2) is 48.5 Å². The minimum Gasteiger partial charge on any atom is -0.349 e. The van der Waals surface area contributed by atoms with Gasteiger partial charge >= 0.3 is 0 Å². The lowest BCUT2D eigenvalue weighted by molar-refractivity contribution is 0.0938. The molecule has 4 heteroatoms. The zero-order valence-corrected chi connectivity index (χ0v) is 15.4. The molecule has 1 fully saturated rings. The van der Waals surface area contributed by atoms with Crippen molar-refractivity contribution in [1.29, 1.82) is 0 Å². The van der Waals surface area contributed by atoms with Crippen molar-refractivity contribution in [1.82, 2.24) is 5.32 Å². The molecule has 4 nitrogen and oxygen atoms in total. The Labute approximate surface area is 155 Å². The molecule has 0 saturated heterocycles. The van der Waals surface area contributed by atoms with Crippen LogP contribution in [0.4, 0.5) is 5.69 Å². The van der Waals surface area contributed by atoms with Gasteiger partial charge in [0.2, 0.25) is 0 Å². The van der Waals surface area contributed by atoms with Crippen molar-refractivity contribution < 1.29 is 9.59 Å². The molecule has 0 aliphatic heterocycles. The third-order valence-corrected chi connectivity index (χ3v) is 4.91. The zero-order valence-electron chi connectivity index (χ0n) is 15.4. The molecule has 2 aromatic rings. The summed E-state index contributed by atoms with van der Waals surface area (Å²) in [6, 6.07) is 15.0. The zero-order chi connectivity index (χ0) is 18.5. The topological polar surface area (TPSA) is 58.2 Å². The molecule has 3 rings (SSSR count). The van der Waals surface area contributed by atoms with E-state index in [9.17, 15) is 9.59 Å². The second-order valence-corrected chi connectivity index (χ2v) is 7.23. The number of para-hydroxylation sites is 1. The van der Waals surface area contributed by atoms with Crippen LogP contribution in [0.3, 0.4) is 0 Å². The highest BCUT2D eigenvalue weighted by Gasteiger charge is 2.19. The van der Waals surface area contributed by atoms with Crippen LogP contribution in [0.25, 0.3) is 0 Å². The van der Waals surface area contributed by atoms with E-state index in [1.54, 1.807) is 24.3 Å². The maximum Gasteiger partial charge on any atom is 0.255 e. The maximum absolute atomic E-state index is 12.7. The van der Waals surface area contributed by atoms with Crippen LogP contribution in [0.1, 0.15) is 71.7 Å². The summed E-state index contributed by atoms with van der Waals surface area (Å²) in [7, 11) is 0. The summed E-state index contributed by atoms with van der Waals surface area (Å²) in [5.74, 6) is 0.0118. The summed E-state index contributed by atoms with van der Waals surface area (Å²) in [6.45, 7) is 4.19. The Balaban J connectivity index is 1.73. The Bertz CT molecular complexity index is 792. The Kier molecular flexibility index (Phi) is 5.71. The minimum atomic E-state index is -0.200. The van der Waals surface area contributed by atoms with Crippen molar-refractivity contribution >= 4 is 17.5 Å². The molecule has 0 spiro atoms. The molecule has 0 radical (unpaired) electrons. The van der Waals surface area contributed by atoms with E-state index in [-0.39, 0.29) is 17.9 Å². The SMILES string of the molecule is CC(C)c1ccccc1NC(=O)c1cccc(C(=O)NC2CCCC2)c1. The molecule has 0 bridgehead atoms. The number of hydrogen-bond donors (Lipinski definition) is 2. The monoisotopic (exact) mass is 350 g/mol. The first kappa shape index (κ1) is 18.2. The number of anilines is 1. The van der Waals surface area contributed by atoms with Gasteiger partial charge in [-0.3, -0.25) is 9.59 Å². The van der Waals surface area contributed by atoms with Gasteiger partial charge in [-0.05, 0) is 48.6 Å². The lowest BCUT2D eigenvalue weighted by atomic mass is 10.0. The lowest BCUT2D eigenvalue weighted by Gasteiger charge is -2.14.